The predicted molar refractivity (Wildman–Crippen MR) is 29.4 cm³/mol. The first-order valence-corrected chi connectivity index (χ1v) is 2.60. The zero-order chi connectivity index (χ0) is 5.28. The van der Waals surface area contributed by atoms with Crippen molar-refractivity contribution in [1.82, 2.24) is 4.98 Å². The minimum Gasteiger partial charge on any atom is -0.384 e. The van der Waals surface area contributed by atoms with Crippen LogP contribution >= 0.6 is 11.3 Å². The van der Waals surface area contributed by atoms with E-state index in [2.05, 4.69) is 4.98 Å². The SMILES string of the molecule is Nc1csc(=O)[nH]1. The first-order valence-electron chi connectivity index (χ1n) is 1.72. The molecule has 0 aliphatic rings. The lowest BCUT2D eigenvalue weighted by Crippen LogP contribution is -1.94. The van der Waals surface area contributed by atoms with E-state index in [0.717, 1.165) is 11.3 Å². The largest absolute Gasteiger partial charge is 0.384 e. The molecule has 0 bridgehead atoms. The van der Waals surface area contributed by atoms with Gasteiger partial charge in [0.1, 0.15) is 5.82 Å². The number of hydrogen-bond donors (Lipinski definition) is 2. The van der Waals surface area contributed by atoms with Crippen molar-refractivity contribution >= 4 is 17.2 Å². The Morgan fingerprint density at radius 2 is 2.57 bits per heavy atom. The van der Waals surface area contributed by atoms with Gasteiger partial charge >= 0.3 is 4.87 Å². The van der Waals surface area contributed by atoms with Crippen molar-refractivity contribution in [2.75, 3.05) is 5.73 Å². The minimum absolute atomic E-state index is 0.0995. The van der Waals surface area contributed by atoms with Gasteiger partial charge in [-0.25, -0.2) is 0 Å². The van der Waals surface area contributed by atoms with E-state index in [1.54, 1.807) is 5.38 Å². The second-order valence-corrected chi connectivity index (χ2v) is 1.95. The minimum atomic E-state index is -0.0995. The lowest BCUT2D eigenvalue weighted by molar-refractivity contribution is 1.35. The summed E-state index contributed by atoms with van der Waals surface area (Å²) in [5.41, 5.74) is 5.13. The van der Waals surface area contributed by atoms with E-state index < -0.39 is 0 Å². The van der Waals surface area contributed by atoms with Gasteiger partial charge < -0.3 is 5.73 Å². The molecule has 0 aliphatic heterocycles. The summed E-state index contributed by atoms with van der Waals surface area (Å²) in [5, 5.41) is 1.57. The van der Waals surface area contributed by atoms with Crippen LogP contribution in [0, 0.1) is 0 Å². The molecule has 0 saturated heterocycles. The van der Waals surface area contributed by atoms with E-state index in [-0.39, 0.29) is 4.87 Å². The van der Waals surface area contributed by atoms with Gasteiger partial charge in [0, 0.05) is 5.38 Å². The number of aromatic nitrogens is 1. The van der Waals surface area contributed by atoms with E-state index in [0.29, 0.717) is 5.82 Å². The molecule has 0 spiro atoms. The third kappa shape index (κ3) is 0.806. The lowest BCUT2D eigenvalue weighted by Gasteiger charge is -1.70. The smallest absolute Gasteiger partial charge is 0.306 e. The zero-order valence-corrected chi connectivity index (χ0v) is 4.29. The number of nitrogen functional groups attached to an aromatic ring is 1. The molecule has 0 unspecified atom stereocenters. The standard InChI is InChI=1S/C3H4N2OS/c4-2-1-7-3(6)5-2/h1H,4H2,(H,5,6). The Kier molecular flexibility index (Phi) is 0.867. The number of nitrogens with one attached hydrogen (secondary N) is 1. The molecule has 1 aromatic heterocycles. The summed E-state index contributed by atoms with van der Waals surface area (Å²) in [6.45, 7) is 0. The number of hydrogen-bond acceptors (Lipinski definition) is 3. The fourth-order valence-electron chi connectivity index (χ4n) is 0.294. The molecule has 0 fully saturated rings. The first-order chi connectivity index (χ1) is 3.29. The highest BCUT2D eigenvalue weighted by atomic mass is 32.1. The average Bonchev–Trinajstić information content (AvgIpc) is 1.87. The molecule has 0 aliphatic carbocycles. The molecule has 0 amide bonds. The summed E-state index contributed by atoms with van der Waals surface area (Å²) in [4.78, 5) is 12.5. The summed E-state index contributed by atoms with van der Waals surface area (Å²) in [6.07, 6.45) is 0. The predicted octanol–water partition coefficient (Wildman–Crippen LogP) is 0.0186. The Morgan fingerprint density at radius 1 is 1.86 bits per heavy atom. The molecule has 38 valence electrons. The van der Waals surface area contributed by atoms with Gasteiger partial charge in [0.2, 0.25) is 0 Å². The molecule has 0 radical (unpaired) electrons. The number of nitrogens with two attached hydrogens (primary N) is 1. The van der Waals surface area contributed by atoms with Gasteiger partial charge in [-0.3, -0.25) is 9.78 Å². The maximum absolute atomic E-state index is 10.2. The second-order valence-electron chi connectivity index (χ2n) is 1.10. The monoisotopic (exact) mass is 116 g/mol. The Bertz CT molecular complexity index is 201. The van der Waals surface area contributed by atoms with Gasteiger partial charge in [0.05, 0.1) is 0 Å². The molecule has 3 nitrogen and oxygen atoms in total. The number of anilines is 1. The zero-order valence-electron chi connectivity index (χ0n) is 3.47. The molecule has 7 heavy (non-hydrogen) atoms. The van der Waals surface area contributed by atoms with E-state index in [9.17, 15) is 4.79 Å². The molecule has 1 heterocycles. The maximum atomic E-state index is 10.2. The second kappa shape index (κ2) is 1.38. The summed E-state index contributed by atoms with van der Waals surface area (Å²) in [6, 6.07) is 0. The number of thiazole rings is 1. The van der Waals surface area contributed by atoms with Crippen LogP contribution in [0.15, 0.2) is 10.2 Å². The fraction of sp³-hybridized carbons (Fsp3) is 0. The average molecular weight is 116 g/mol. The van der Waals surface area contributed by atoms with Crippen LogP contribution in [-0.4, -0.2) is 4.98 Å². The summed E-state index contributed by atoms with van der Waals surface area (Å²) < 4.78 is 0. The highest BCUT2D eigenvalue weighted by molar-refractivity contribution is 7.07. The Balaban J connectivity index is 3.30. The molecule has 0 atom stereocenters. The third-order valence-electron chi connectivity index (χ3n) is 0.539. The van der Waals surface area contributed by atoms with Crippen LogP contribution in [0.4, 0.5) is 5.82 Å². The van der Waals surface area contributed by atoms with E-state index >= 15 is 0 Å². The normalized spacial score (nSPS) is 9.14. The van der Waals surface area contributed by atoms with Crippen LogP contribution in [0.25, 0.3) is 0 Å². The molecular weight excluding hydrogens is 112 g/mol. The van der Waals surface area contributed by atoms with Gasteiger partial charge in [0.25, 0.3) is 0 Å². The molecular formula is C3H4N2OS. The van der Waals surface area contributed by atoms with Crippen molar-refractivity contribution in [3.63, 3.8) is 0 Å². The molecule has 3 N–H and O–H groups in total. The van der Waals surface area contributed by atoms with Crippen LogP contribution < -0.4 is 10.6 Å². The van der Waals surface area contributed by atoms with E-state index in [4.69, 9.17) is 5.73 Å². The van der Waals surface area contributed by atoms with Crippen molar-refractivity contribution in [2.24, 2.45) is 0 Å². The molecule has 0 saturated carbocycles. The van der Waals surface area contributed by atoms with Crippen LogP contribution in [0.1, 0.15) is 0 Å². The van der Waals surface area contributed by atoms with Crippen molar-refractivity contribution in [3.8, 4) is 0 Å². The Morgan fingerprint density at radius 3 is 2.71 bits per heavy atom. The summed E-state index contributed by atoms with van der Waals surface area (Å²) in [5.74, 6) is 0.440. The Labute approximate surface area is 43.8 Å². The van der Waals surface area contributed by atoms with Crippen LogP contribution in [0.3, 0.4) is 0 Å². The van der Waals surface area contributed by atoms with Crippen LogP contribution in [0.2, 0.25) is 0 Å². The highest BCUT2D eigenvalue weighted by Crippen LogP contribution is 1.92. The number of rotatable bonds is 0. The van der Waals surface area contributed by atoms with Crippen molar-refractivity contribution in [2.45, 2.75) is 0 Å². The quantitative estimate of drug-likeness (QED) is 0.502. The maximum Gasteiger partial charge on any atom is 0.306 e. The van der Waals surface area contributed by atoms with Crippen molar-refractivity contribution in [3.05, 3.63) is 15.0 Å². The fourth-order valence-corrected chi connectivity index (χ4v) is 0.763. The topological polar surface area (TPSA) is 58.9 Å². The van der Waals surface area contributed by atoms with Gasteiger partial charge in [0.15, 0.2) is 0 Å². The molecule has 0 aromatic carbocycles. The Hall–Kier alpha value is -0.770. The van der Waals surface area contributed by atoms with Gasteiger partial charge in [-0.15, -0.1) is 0 Å². The van der Waals surface area contributed by atoms with E-state index in [1.165, 1.54) is 0 Å². The number of aromatic amines is 1. The third-order valence-corrected chi connectivity index (χ3v) is 1.23. The highest BCUT2D eigenvalue weighted by Gasteiger charge is 1.83. The summed E-state index contributed by atoms with van der Waals surface area (Å²) >= 11 is 1.07. The van der Waals surface area contributed by atoms with Gasteiger partial charge in [-0.1, -0.05) is 11.3 Å². The van der Waals surface area contributed by atoms with Gasteiger partial charge in [-0.05, 0) is 0 Å². The van der Waals surface area contributed by atoms with Crippen LogP contribution in [0.5, 0.6) is 0 Å². The van der Waals surface area contributed by atoms with Crippen LogP contribution in [-0.2, 0) is 0 Å². The van der Waals surface area contributed by atoms with E-state index in [1.807, 2.05) is 0 Å². The van der Waals surface area contributed by atoms with Crippen molar-refractivity contribution in [1.29, 1.82) is 0 Å². The molecule has 1 rings (SSSR count). The number of H-pyrrole nitrogens is 1. The first kappa shape index (κ1) is 4.39. The summed E-state index contributed by atoms with van der Waals surface area (Å²) in [7, 11) is 0. The molecule has 4 heteroatoms. The van der Waals surface area contributed by atoms with Crippen molar-refractivity contribution < 1.29 is 0 Å². The van der Waals surface area contributed by atoms with Gasteiger partial charge in [-0.2, -0.15) is 0 Å². The molecule has 1 aromatic rings. The lowest BCUT2D eigenvalue weighted by atomic mass is 10.9.